The van der Waals surface area contributed by atoms with Gasteiger partial charge in [0.1, 0.15) is 9.84 Å². The molecule has 0 aromatic rings. The maximum atomic E-state index is 11.4. The SMILES string of the molecule is CCNC(=NCC(C)(C)CCS(C)(=O)=O)NC1CCCC(CC)C1. The summed E-state index contributed by atoms with van der Waals surface area (Å²) in [6.07, 6.45) is 8.25. The summed E-state index contributed by atoms with van der Waals surface area (Å²) in [6.45, 7) is 9.97. The lowest BCUT2D eigenvalue weighted by atomic mass is 9.84. The monoisotopic (exact) mass is 359 g/mol. The van der Waals surface area contributed by atoms with Crippen molar-refractivity contribution in [1.29, 1.82) is 0 Å². The summed E-state index contributed by atoms with van der Waals surface area (Å²) in [5.74, 6) is 1.91. The highest BCUT2D eigenvalue weighted by atomic mass is 32.2. The predicted molar refractivity (Wildman–Crippen MR) is 103 cm³/mol. The van der Waals surface area contributed by atoms with Crippen molar-refractivity contribution in [3.05, 3.63) is 0 Å². The van der Waals surface area contributed by atoms with E-state index in [1.807, 2.05) is 0 Å². The molecule has 2 N–H and O–H groups in total. The first-order valence-electron chi connectivity index (χ1n) is 9.37. The molecule has 0 radical (unpaired) electrons. The summed E-state index contributed by atoms with van der Waals surface area (Å²) < 4.78 is 22.8. The van der Waals surface area contributed by atoms with Crippen LogP contribution in [0.25, 0.3) is 0 Å². The Morgan fingerprint density at radius 1 is 1.25 bits per heavy atom. The number of hydrogen-bond acceptors (Lipinski definition) is 3. The highest BCUT2D eigenvalue weighted by Gasteiger charge is 2.23. The maximum Gasteiger partial charge on any atom is 0.191 e. The van der Waals surface area contributed by atoms with Crippen molar-refractivity contribution >= 4 is 15.8 Å². The highest BCUT2D eigenvalue weighted by molar-refractivity contribution is 7.90. The fourth-order valence-electron chi connectivity index (χ4n) is 3.14. The number of nitrogens with zero attached hydrogens (tertiary/aromatic N) is 1. The van der Waals surface area contributed by atoms with Gasteiger partial charge >= 0.3 is 0 Å². The molecule has 6 heteroatoms. The van der Waals surface area contributed by atoms with Crippen molar-refractivity contribution in [1.82, 2.24) is 10.6 Å². The molecule has 0 aromatic carbocycles. The molecule has 0 spiro atoms. The van der Waals surface area contributed by atoms with Gasteiger partial charge in [0.2, 0.25) is 0 Å². The molecular weight excluding hydrogens is 322 g/mol. The molecule has 2 atom stereocenters. The van der Waals surface area contributed by atoms with Gasteiger partial charge in [-0.1, -0.05) is 40.0 Å². The Morgan fingerprint density at radius 2 is 1.96 bits per heavy atom. The second kappa shape index (κ2) is 9.64. The molecule has 5 nitrogen and oxygen atoms in total. The Balaban J connectivity index is 2.60. The van der Waals surface area contributed by atoms with Gasteiger partial charge in [0.25, 0.3) is 0 Å². The van der Waals surface area contributed by atoms with Crippen LogP contribution < -0.4 is 10.6 Å². The largest absolute Gasteiger partial charge is 0.357 e. The summed E-state index contributed by atoms with van der Waals surface area (Å²) in [4.78, 5) is 4.73. The summed E-state index contributed by atoms with van der Waals surface area (Å²) in [5, 5.41) is 6.92. The van der Waals surface area contributed by atoms with Crippen LogP contribution in [0.5, 0.6) is 0 Å². The van der Waals surface area contributed by atoms with Crippen molar-refractivity contribution in [2.24, 2.45) is 16.3 Å². The second-order valence-electron chi connectivity index (χ2n) is 8.02. The van der Waals surface area contributed by atoms with Crippen LogP contribution in [0.1, 0.15) is 66.2 Å². The standard InChI is InChI=1S/C18H37N3O2S/c1-6-15-9-8-10-16(13-15)21-17(19-7-2)20-14-18(3,4)11-12-24(5,22)23/h15-16H,6-14H2,1-5H3,(H2,19,20,21). The predicted octanol–water partition coefficient (Wildman–Crippen LogP) is 2.97. The Kier molecular flexibility index (Phi) is 8.54. The van der Waals surface area contributed by atoms with E-state index in [1.165, 1.54) is 38.4 Å². The van der Waals surface area contributed by atoms with E-state index in [9.17, 15) is 8.42 Å². The Bertz CT molecular complexity index is 500. The maximum absolute atomic E-state index is 11.4. The minimum atomic E-state index is -2.92. The van der Waals surface area contributed by atoms with Gasteiger partial charge in [0.05, 0.1) is 5.75 Å². The van der Waals surface area contributed by atoms with Crippen molar-refractivity contribution in [3.8, 4) is 0 Å². The van der Waals surface area contributed by atoms with Gasteiger partial charge in [-0.25, -0.2) is 8.42 Å². The number of rotatable bonds is 8. The van der Waals surface area contributed by atoms with Crippen LogP contribution >= 0.6 is 0 Å². The Morgan fingerprint density at radius 3 is 2.54 bits per heavy atom. The summed E-state index contributed by atoms with van der Waals surface area (Å²) in [6, 6.07) is 0.501. The van der Waals surface area contributed by atoms with Crippen molar-refractivity contribution in [3.63, 3.8) is 0 Å². The van der Waals surface area contributed by atoms with E-state index in [4.69, 9.17) is 4.99 Å². The number of aliphatic imine (C=N–C) groups is 1. The molecule has 1 saturated carbocycles. The van der Waals surface area contributed by atoms with E-state index in [-0.39, 0.29) is 11.2 Å². The molecule has 0 aromatic heterocycles. The summed E-state index contributed by atoms with van der Waals surface area (Å²) in [5.41, 5.74) is -0.121. The number of nitrogens with one attached hydrogen (secondary N) is 2. The molecule has 1 fully saturated rings. The minimum Gasteiger partial charge on any atom is -0.357 e. The van der Waals surface area contributed by atoms with E-state index < -0.39 is 9.84 Å². The summed E-state index contributed by atoms with van der Waals surface area (Å²) in [7, 11) is -2.92. The fraction of sp³-hybridized carbons (Fsp3) is 0.944. The molecule has 0 aliphatic heterocycles. The molecule has 0 amide bonds. The van der Waals surface area contributed by atoms with Crippen LogP contribution in [0.15, 0.2) is 4.99 Å². The third kappa shape index (κ3) is 8.90. The molecule has 0 heterocycles. The molecule has 0 saturated heterocycles. The van der Waals surface area contributed by atoms with Crippen LogP contribution in [-0.2, 0) is 9.84 Å². The lowest BCUT2D eigenvalue weighted by Gasteiger charge is -2.30. The van der Waals surface area contributed by atoms with Crippen molar-refractivity contribution in [2.75, 3.05) is 25.1 Å². The van der Waals surface area contributed by atoms with Gasteiger partial charge in [-0.05, 0) is 37.5 Å². The first-order chi connectivity index (χ1) is 11.1. The van der Waals surface area contributed by atoms with E-state index in [1.54, 1.807) is 0 Å². The smallest absolute Gasteiger partial charge is 0.191 e. The average Bonchev–Trinajstić information content (AvgIpc) is 2.51. The average molecular weight is 360 g/mol. The topological polar surface area (TPSA) is 70.6 Å². The van der Waals surface area contributed by atoms with E-state index in [0.717, 1.165) is 18.4 Å². The number of guanidine groups is 1. The van der Waals surface area contributed by atoms with Gasteiger partial charge in [-0.15, -0.1) is 0 Å². The molecule has 24 heavy (non-hydrogen) atoms. The van der Waals surface area contributed by atoms with E-state index in [2.05, 4.69) is 38.3 Å². The molecule has 2 unspecified atom stereocenters. The van der Waals surface area contributed by atoms with Crippen LogP contribution in [0.4, 0.5) is 0 Å². The quantitative estimate of drug-likeness (QED) is 0.516. The second-order valence-corrected chi connectivity index (χ2v) is 10.3. The zero-order valence-electron chi connectivity index (χ0n) is 16.2. The molecule has 1 rings (SSSR count). The molecule has 0 bridgehead atoms. The first-order valence-corrected chi connectivity index (χ1v) is 11.4. The van der Waals surface area contributed by atoms with Crippen LogP contribution in [0.2, 0.25) is 0 Å². The Hall–Kier alpha value is -0.780. The van der Waals surface area contributed by atoms with Gasteiger partial charge in [0, 0.05) is 25.4 Å². The van der Waals surface area contributed by atoms with Gasteiger partial charge in [-0.3, -0.25) is 4.99 Å². The number of sulfone groups is 1. The van der Waals surface area contributed by atoms with Crippen LogP contribution in [-0.4, -0.2) is 45.5 Å². The van der Waals surface area contributed by atoms with Crippen molar-refractivity contribution in [2.45, 2.75) is 72.3 Å². The molecule has 1 aliphatic carbocycles. The normalized spacial score (nSPS) is 23.1. The van der Waals surface area contributed by atoms with Crippen molar-refractivity contribution < 1.29 is 8.42 Å². The number of hydrogen-bond donors (Lipinski definition) is 2. The van der Waals surface area contributed by atoms with Gasteiger partial charge in [-0.2, -0.15) is 0 Å². The van der Waals surface area contributed by atoms with Gasteiger partial charge in [0.15, 0.2) is 5.96 Å². The lowest BCUT2D eigenvalue weighted by Crippen LogP contribution is -2.45. The first kappa shape index (κ1) is 21.3. The third-order valence-corrected chi connectivity index (χ3v) is 5.81. The van der Waals surface area contributed by atoms with Gasteiger partial charge < -0.3 is 10.6 Å². The van der Waals surface area contributed by atoms with Crippen LogP contribution in [0.3, 0.4) is 0 Å². The molecule has 1 aliphatic rings. The zero-order valence-corrected chi connectivity index (χ0v) is 17.0. The van der Waals surface area contributed by atoms with E-state index >= 15 is 0 Å². The Labute approximate surface area is 149 Å². The fourth-order valence-corrected chi connectivity index (χ4v) is 4.06. The molecule has 142 valence electrons. The lowest BCUT2D eigenvalue weighted by molar-refractivity contribution is 0.297. The highest BCUT2D eigenvalue weighted by Crippen LogP contribution is 2.26. The van der Waals surface area contributed by atoms with Crippen LogP contribution in [0, 0.1) is 11.3 Å². The zero-order chi connectivity index (χ0) is 18.2. The summed E-state index contributed by atoms with van der Waals surface area (Å²) >= 11 is 0. The van der Waals surface area contributed by atoms with E-state index in [0.29, 0.717) is 19.0 Å². The third-order valence-electron chi connectivity index (χ3n) is 4.86. The molecular formula is C18H37N3O2S. The minimum absolute atomic E-state index is 0.121.